The van der Waals surface area contributed by atoms with E-state index in [0.29, 0.717) is 0 Å². The quantitative estimate of drug-likeness (QED) is 0.743. The van der Waals surface area contributed by atoms with Gasteiger partial charge in [0.2, 0.25) is 0 Å². The van der Waals surface area contributed by atoms with Crippen LogP contribution in [0.3, 0.4) is 0 Å². The van der Waals surface area contributed by atoms with Gasteiger partial charge in [-0.05, 0) is 17.5 Å². The van der Waals surface area contributed by atoms with Crippen molar-refractivity contribution >= 4 is 15.7 Å². The number of pyridine rings is 1. The summed E-state index contributed by atoms with van der Waals surface area (Å²) in [5.74, 6) is 0. The molecule has 1 aromatic carbocycles. The molecule has 0 aliphatic heterocycles. The fraction of sp³-hybridized carbons (Fsp3) is 0.312. The first-order valence-corrected chi connectivity index (χ1v) is 6.84. The molecule has 1 aromatic heterocycles. The van der Waals surface area contributed by atoms with Gasteiger partial charge in [0.05, 0.1) is 5.69 Å². The van der Waals surface area contributed by atoms with E-state index in [2.05, 4.69) is 77.8 Å². The molecule has 19 heavy (non-hydrogen) atoms. The molecule has 0 amide bonds. The number of nitrogens with zero attached hydrogens (tertiary/aromatic N) is 1. The van der Waals surface area contributed by atoms with Crippen LogP contribution in [0.15, 0.2) is 48.7 Å². The van der Waals surface area contributed by atoms with Gasteiger partial charge < -0.3 is 0 Å². The number of hydrogen-bond acceptors (Lipinski definition) is 1. The second-order valence-electron chi connectivity index (χ2n) is 6.67. The lowest BCUT2D eigenvalue weighted by Gasteiger charge is -2.40. The summed E-state index contributed by atoms with van der Waals surface area (Å²) in [4.78, 5) is 4.51. The third-order valence-corrected chi connectivity index (χ3v) is 4.43. The first kappa shape index (κ1) is 13.9. The summed E-state index contributed by atoms with van der Waals surface area (Å²) in [6.07, 6.45) is 1.92. The smallest absolute Gasteiger partial charge is 0.105 e. The molecular formula is C16H21B2N. The van der Waals surface area contributed by atoms with Crippen LogP contribution in [0.1, 0.15) is 26.3 Å². The number of benzene rings is 1. The van der Waals surface area contributed by atoms with Gasteiger partial charge in [0.15, 0.2) is 0 Å². The largest absolute Gasteiger partial charge is 0.256 e. The Kier molecular flexibility index (Phi) is 3.58. The minimum absolute atomic E-state index is 0.111. The highest BCUT2D eigenvalue weighted by Crippen LogP contribution is 2.36. The Bertz CT molecular complexity index is 556. The second-order valence-corrected chi connectivity index (χ2v) is 6.67. The third kappa shape index (κ3) is 2.75. The van der Waals surface area contributed by atoms with Crippen LogP contribution < -0.4 is 0 Å². The van der Waals surface area contributed by atoms with Gasteiger partial charge in [-0.2, -0.15) is 0 Å². The zero-order chi connectivity index (χ0) is 14.1. The van der Waals surface area contributed by atoms with E-state index in [0.717, 1.165) is 5.69 Å². The lowest BCUT2D eigenvalue weighted by molar-refractivity contribution is 0.358. The molecule has 0 unspecified atom stereocenters. The van der Waals surface area contributed by atoms with Gasteiger partial charge in [-0.1, -0.05) is 61.9 Å². The maximum absolute atomic E-state index is 4.51. The van der Waals surface area contributed by atoms with E-state index < -0.39 is 0 Å². The molecular weight excluding hydrogens is 228 g/mol. The van der Waals surface area contributed by atoms with Crippen molar-refractivity contribution < 1.29 is 0 Å². The average molecular weight is 249 g/mol. The predicted octanol–water partition coefficient (Wildman–Crippen LogP) is 2.21. The van der Waals surface area contributed by atoms with Crippen LogP contribution in [0.4, 0.5) is 0 Å². The van der Waals surface area contributed by atoms with Gasteiger partial charge in [-0.25, -0.2) is 0 Å². The molecule has 0 radical (unpaired) electrons. The SMILES string of the molecule is BC(B)(c1ccnc(-c2ccccc2)c1)C(C)(C)C. The normalized spacial score (nSPS) is 12.4. The van der Waals surface area contributed by atoms with Gasteiger partial charge in [-0.15, -0.1) is 0 Å². The number of aromatic nitrogens is 1. The zero-order valence-electron chi connectivity index (χ0n) is 12.6. The van der Waals surface area contributed by atoms with Gasteiger partial charge in [-0.3, -0.25) is 4.98 Å². The molecule has 1 heterocycles. The molecule has 1 nitrogen and oxygen atoms in total. The maximum Gasteiger partial charge on any atom is 0.105 e. The summed E-state index contributed by atoms with van der Waals surface area (Å²) >= 11 is 0. The Morgan fingerprint density at radius 1 is 0.947 bits per heavy atom. The van der Waals surface area contributed by atoms with Gasteiger partial charge in [0.25, 0.3) is 0 Å². The fourth-order valence-corrected chi connectivity index (χ4v) is 2.02. The molecule has 0 saturated heterocycles. The predicted molar refractivity (Wildman–Crippen MR) is 87.9 cm³/mol. The molecule has 96 valence electrons. The highest BCUT2D eigenvalue weighted by Gasteiger charge is 2.34. The maximum atomic E-state index is 4.51. The number of rotatable bonds is 2. The first-order valence-electron chi connectivity index (χ1n) is 6.84. The van der Waals surface area contributed by atoms with Gasteiger partial charge in [0, 0.05) is 11.8 Å². The number of hydrogen-bond donors (Lipinski definition) is 0. The van der Waals surface area contributed by atoms with Gasteiger partial charge in [0.1, 0.15) is 15.7 Å². The van der Waals surface area contributed by atoms with Crippen LogP contribution in [0.5, 0.6) is 0 Å². The van der Waals surface area contributed by atoms with Crippen molar-refractivity contribution in [1.82, 2.24) is 4.98 Å². The summed E-state index contributed by atoms with van der Waals surface area (Å²) in [6, 6.07) is 14.7. The van der Waals surface area contributed by atoms with E-state index in [4.69, 9.17) is 0 Å². The van der Waals surface area contributed by atoms with Crippen LogP contribution in [0.25, 0.3) is 11.3 Å². The lowest BCUT2D eigenvalue weighted by Crippen LogP contribution is -2.41. The average Bonchev–Trinajstić information content (AvgIpc) is 2.39. The molecule has 0 atom stereocenters. The summed E-state index contributed by atoms with van der Waals surface area (Å²) < 4.78 is 0. The molecule has 0 fully saturated rings. The highest BCUT2D eigenvalue weighted by atomic mass is 14.7. The Balaban J connectivity index is 2.47. The van der Waals surface area contributed by atoms with E-state index in [1.807, 2.05) is 12.3 Å². The summed E-state index contributed by atoms with van der Waals surface area (Å²) in [5, 5.41) is 0.111. The topological polar surface area (TPSA) is 12.9 Å². The van der Waals surface area contributed by atoms with Crippen molar-refractivity contribution in [3.05, 3.63) is 54.2 Å². The van der Waals surface area contributed by atoms with E-state index >= 15 is 0 Å². The minimum atomic E-state index is 0.111. The Morgan fingerprint density at radius 3 is 2.16 bits per heavy atom. The molecule has 0 saturated carbocycles. The molecule has 0 N–H and O–H groups in total. The molecule has 0 bridgehead atoms. The monoisotopic (exact) mass is 249 g/mol. The molecule has 2 aromatic rings. The van der Waals surface area contributed by atoms with Crippen molar-refractivity contribution in [2.75, 3.05) is 0 Å². The van der Waals surface area contributed by atoms with Crippen LogP contribution in [0, 0.1) is 5.41 Å². The standard InChI is InChI=1S/C16H21B2N/c1-15(2,3)16(17,18)13-9-10-19-14(11-13)12-7-5-4-6-8-12/h4-11H,17-18H2,1-3H3. The summed E-state index contributed by atoms with van der Waals surface area (Å²) in [6.45, 7) is 6.86. The third-order valence-electron chi connectivity index (χ3n) is 4.43. The molecule has 0 aliphatic rings. The lowest BCUT2D eigenvalue weighted by atomic mass is 9.41. The first-order chi connectivity index (χ1) is 8.82. The second kappa shape index (κ2) is 4.88. The van der Waals surface area contributed by atoms with Crippen molar-refractivity contribution in [2.45, 2.75) is 26.0 Å². The highest BCUT2D eigenvalue weighted by molar-refractivity contribution is 6.40. The van der Waals surface area contributed by atoms with Crippen molar-refractivity contribution in [3.8, 4) is 11.3 Å². The summed E-state index contributed by atoms with van der Waals surface area (Å²) in [7, 11) is 4.61. The Morgan fingerprint density at radius 2 is 1.58 bits per heavy atom. The van der Waals surface area contributed by atoms with Crippen LogP contribution in [-0.2, 0) is 5.21 Å². The minimum Gasteiger partial charge on any atom is -0.256 e. The molecule has 2 rings (SSSR count). The van der Waals surface area contributed by atoms with E-state index in [1.165, 1.54) is 11.1 Å². The van der Waals surface area contributed by atoms with Crippen molar-refractivity contribution in [3.63, 3.8) is 0 Å². The Hall–Kier alpha value is -1.50. The van der Waals surface area contributed by atoms with Crippen LogP contribution >= 0.6 is 0 Å². The van der Waals surface area contributed by atoms with Crippen molar-refractivity contribution in [2.24, 2.45) is 5.41 Å². The zero-order valence-corrected chi connectivity index (χ0v) is 12.6. The molecule has 0 aliphatic carbocycles. The van der Waals surface area contributed by atoms with E-state index in [1.54, 1.807) is 0 Å². The Labute approximate surface area is 118 Å². The van der Waals surface area contributed by atoms with Crippen LogP contribution in [0.2, 0.25) is 0 Å². The fourth-order valence-electron chi connectivity index (χ4n) is 2.02. The van der Waals surface area contributed by atoms with E-state index in [-0.39, 0.29) is 10.6 Å². The van der Waals surface area contributed by atoms with Gasteiger partial charge >= 0.3 is 0 Å². The summed E-state index contributed by atoms with van der Waals surface area (Å²) in [5.41, 5.74) is 3.78. The van der Waals surface area contributed by atoms with E-state index in [9.17, 15) is 0 Å². The molecule has 3 heteroatoms. The van der Waals surface area contributed by atoms with Crippen molar-refractivity contribution in [1.29, 1.82) is 0 Å². The van der Waals surface area contributed by atoms with Crippen LogP contribution in [-0.4, -0.2) is 20.7 Å². The molecule has 0 spiro atoms.